The van der Waals surface area contributed by atoms with E-state index in [-0.39, 0.29) is 0 Å². The first-order chi connectivity index (χ1) is 10.2. The molecule has 5 nitrogen and oxygen atoms in total. The highest BCUT2D eigenvalue weighted by molar-refractivity contribution is 8.00. The first kappa shape index (κ1) is 14.1. The van der Waals surface area contributed by atoms with Crippen molar-refractivity contribution in [3.63, 3.8) is 0 Å². The predicted molar refractivity (Wildman–Crippen MR) is 82.7 cm³/mol. The largest absolute Gasteiger partial charge is 0.497 e. The number of thioether (sulfide) groups is 1. The molecule has 0 fully saturated rings. The zero-order valence-electron chi connectivity index (χ0n) is 11.6. The maximum absolute atomic E-state index is 5.28. The van der Waals surface area contributed by atoms with Crippen molar-refractivity contribution >= 4 is 23.1 Å². The SMILES string of the molecule is COc1cccc(-c2noc(CSc3nc(C)cs3)n2)c1. The van der Waals surface area contributed by atoms with Crippen LogP contribution in [0.3, 0.4) is 0 Å². The molecule has 0 aliphatic rings. The number of nitrogens with zero attached hydrogens (tertiary/aromatic N) is 3. The molecule has 2 aromatic heterocycles. The summed E-state index contributed by atoms with van der Waals surface area (Å²) in [5.41, 5.74) is 1.91. The van der Waals surface area contributed by atoms with Crippen LogP contribution in [0.1, 0.15) is 11.6 Å². The van der Waals surface area contributed by atoms with Crippen LogP contribution in [0.15, 0.2) is 38.5 Å². The number of ether oxygens (including phenoxy) is 1. The maximum Gasteiger partial charge on any atom is 0.237 e. The van der Waals surface area contributed by atoms with Crippen molar-refractivity contribution in [2.24, 2.45) is 0 Å². The lowest BCUT2D eigenvalue weighted by molar-refractivity contribution is 0.391. The highest BCUT2D eigenvalue weighted by Crippen LogP contribution is 2.27. The summed E-state index contributed by atoms with van der Waals surface area (Å²) in [6.45, 7) is 1.98. The highest BCUT2D eigenvalue weighted by atomic mass is 32.2. The lowest BCUT2D eigenvalue weighted by Crippen LogP contribution is -1.86. The molecular weight excluding hydrogens is 306 g/mol. The second-order valence-corrected chi connectivity index (χ2v) is 6.37. The van der Waals surface area contributed by atoms with Gasteiger partial charge in [0.05, 0.1) is 12.9 Å². The fraction of sp³-hybridized carbons (Fsp3) is 0.214. The Bertz CT molecular complexity index is 739. The van der Waals surface area contributed by atoms with Crippen LogP contribution in [-0.2, 0) is 5.75 Å². The standard InChI is InChI=1S/C14H13N3O2S2/c1-9-7-20-14(15-9)21-8-12-16-13(17-19-12)10-4-3-5-11(6-10)18-2/h3-7H,8H2,1-2H3. The highest BCUT2D eigenvalue weighted by Gasteiger charge is 2.10. The maximum atomic E-state index is 5.28. The summed E-state index contributed by atoms with van der Waals surface area (Å²) in [6.07, 6.45) is 0. The molecule has 0 saturated carbocycles. The molecule has 7 heteroatoms. The third-order valence-corrected chi connectivity index (χ3v) is 4.84. The Morgan fingerprint density at radius 3 is 3.00 bits per heavy atom. The number of methoxy groups -OCH3 is 1. The summed E-state index contributed by atoms with van der Waals surface area (Å²) in [5.74, 6) is 2.54. The van der Waals surface area contributed by atoms with Crippen molar-refractivity contribution in [3.8, 4) is 17.1 Å². The molecule has 1 aromatic carbocycles. The molecule has 0 saturated heterocycles. The molecule has 0 N–H and O–H groups in total. The third kappa shape index (κ3) is 3.43. The minimum absolute atomic E-state index is 0.569. The van der Waals surface area contributed by atoms with Crippen LogP contribution >= 0.6 is 23.1 Å². The fourth-order valence-electron chi connectivity index (χ4n) is 1.72. The second-order valence-electron chi connectivity index (χ2n) is 4.29. The number of hydrogen-bond acceptors (Lipinski definition) is 7. The molecule has 0 radical (unpaired) electrons. The van der Waals surface area contributed by atoms with E-state index in [9.17, 15) is 0 Å². The normalized spacial score (nSPS) is 10.8. The van der Waals surface area contributed by atoms with E-state index in [1.165, 1.54) is 0 Å². The molecule has 3 aromatic rings. The van der Waals surface area contributed by atoms with Crippen molar-refractivity contribution in [2.75, 3.05) is 7.11 Å². The predicted octanol–water partition coefficient (Wildman–Crippen LogP) is 3.80. The van der Waals surface area contributed by atoms with Crippen molar-refractivity contribution < 1.29 is 9.26 Å². The van der Waals surface area contributed by atoms with E-state index in [1.54, 1.807) is 30.2 Å². The first-order valence-corrected chi connectivity index (χ1v) is 8.13. The van der Waals surface area contributed by atoms with E-state index in [0.717, 1.165) is 21.3 Å². The van der Waals surface area contributed by atoms with E-state index in [2.05, 4.69) is 15.1 Å². The Morgan fingerprint density at radius 2 is 2.24 bits per heavy atom. The van der Waals surface area contributed by atoms with Gasteiger partial charge in [0, 0.05) is 16.6 Å². The van der Waals surface area contributed by atoms with Gasteiger partial charge >= 0.3 is 0 Å². The van der Waals surface area contributed by atoms with Gasteiger partial charge in [-0.05, 0) is 19.1 Å². The smallest absolute Gasteiger partial charge is 0.237 e. The first-order valence-electron chi connectivity index (χ1n) is 6.26. The van der Waals surface area contributed by atoms with Crippen LogP contribution in [0, 0.1) is 6.92 Å². The van der Waals surface area contributed by atoms with Gasteiger partial charge in [0.1, 0.15) is 5.75 Å². The molecule has 2 heterocycles. The number of hydrogen-bond donors (Lipinski definition) is 0. The zero-order valence-corrected chi connectivity index (χ0v) is 13.2. The number of aromatic nitrogens is 3. The monoisotopic (exact) mass is 319 g/mol. The van der Waals surface area contributed by atoms with E-state index in [1.807, 2.05) is 36.6 Å². The molecular formula is C14H13N3O2S2. The molecule has 21 heavy (non-hydrogen) atoms. The Balaban J connectivity index is 1.70. The summed E-state index contributed by atoms with van der Waals surface area (Å²) in [7, 11) is 1.63. The molecule has 0 spiro atoms. The molecule has 0 amide bonds. The van der Waals surface area contributed by atoms with Crippen LogP contribution in [0.2, 0.25) is 0 Å². The molecule has 0 atom stereocenters. The Labute approximate surface area is 130 Å². The van der Waals surface area contributed by atoms with Gasteiger partial charge in [0.15, 0.2) is 4.34 Å². The molecule has 108 valence electrons. The van der Waals surface area contributed by atoms with Gasteiger partial charge in [-0.2, -0.15) is 4.98 Å². The van der Waals surface area contributed by atoms with E-state index in [4.69, 9.17) is 9.26 Å². The summed E-state index contributed by atoms with van der Waals surface area (Å²) in [5, 5.41) is 6.03. The second kappa shape index (κ2) is 6.28. The van der Waals surface area contributed by atoms with Gasteiger partial charge in [0.25, 0.3) is 0 Å². The summed E-state index contributed by atoms with van der Waals surface area (Å²) >= 11 is 3.22. The van der Waals surface area contributed by atoms with Crippen LogP contribution in [0.4, 0.5) is 0 Å². The Hall–Kier alpha value is -1.86. The number of rotatable bonds is 5. The van der Waals surface area contributed by atoms with E-state index < -0.39 is 0 Å². The average Bonchev–Trinajstić information content (AvgIpc) is 3.14. The van der Waals surface area contributed by atoms with Gasteiger partial charge in [0.2, 0.25) is 11.7 Å². The molecule has 0 bridgehead atoms. The van der Waals surface area contributed by atoms with Crippen molar-refractivity contribution in [1.82, 2.24) is 15.1 Å². The minimum atomic E-state index is 0.569. The molecule has 3 rings (SSSR count). The number of benzene rings is 1. The summed E-state index contributed by atoms with van der Waals surface area (Å²) in [6, 6.07) is 7.59. The van der Waals surface area contributed by atoms with Gasteiger partial charge in [-0.1, -0.05) is 29.1 Å². The average molecular weight is 319 g/mol. The Morgan fingerprint density at radius 1 is 1.33 bits per heavy atom. The van der Waals surface area contributed by atoms with Crippen molar-refractivity contribution in [3.05, 3.63) is 41.2 Å². The Kier molecular flexibility index (Phi) is 4.21. The topological polar surface area (TPSA) is 61.0 Å². The fourth-order valence-corrected chi connectivity index (χ4v) is 3.40. The number of thiazole rings is 1. The van der Waals surface area contributed by atoms with Gasteiger partial charge < -0.3 is 9.26 Å². The van der Waals surface area contributed by atoms with Crippen LogP contribution in [0.5, 0.6) is 5.75 Å². The van der Waals surface area contributed by atoms with Crippen molar-refractivity contribution in [1.29, 1.82) is 0 Å². The molecule has 0 aliphatic heterocycles. The number of aryl methyl sites for hydroxylation is 1. The van der Waals surface area contributed by atoms with Gasteiger partial charge in [-0.15, -0.1) is 11.3 Å². The van der Waals surface area contributed by atoms with Crippen LogP contribution in [-0.4, -0.2) is 22.2 Å². The lowest BCUT2D eigenvalue weighted by atomic mass is 10.2. The summed E-state index contributed by atoms with van der Waals surface area (Å²) in [4.78, 5) is 8.79. The third-order valence-electron chi connectivity index (χ3n) is 2.71. The van der Waals surface area contributed by atoms with Crippen molar-refractivity contribution in [2.45, 2.75) is 17.0 Å². The molecule has 0 aliphatic carbocycles. The van der Waals surface area contributed by atoms with Crippen LogP contribution < -0.4 is 4.74 Å². The summed E-state index contributed by atoms with van der Waals surface area (Å²) < 4.78 is 11.5. The van der Waals surface area contributed by atoms with E-state index in [0.29, 0.717) is 17.5 Å². The minimum Gasteiger partial charge on any atom is -0.497 e. The van der Waals surface area contributed by atoms with E-state index >= 15 is 0 Å². The van der Waals surface area contributed by atoms with Gasteiger partial charge in [-0.25, -0.2) is 4.98 Å². The van der Waals surface area contributed by atoms with Gasteiger partial charge in [-0.3, -0.25) is 0 Å². The lowest BCUT2D eigenvalue weighted by Gasteiger charge is -1.99. The quantitative estimate of drug-likeness (QED) is 0.667. The molecule has 0 unspecified atom stereocenters. The zero-order chi connectivity index (χ0) is 14.7. The van der Waals surface area contributed by atoms with Crippen LogP contribution in [0.25, 0.3) is 11.4 Å².